The summed E-state index contributed by atoms with van der Waals surface area (Å²) in [6, 6.07) is 3.83. The lowest BCUT2D eigenvalue weighted by molar-refractivity contribution is 0.464. The number of aromatic hydroxyl groups is 1. The average molecular weight is 186 g/mol. The third kappa shape index (κ3) is 1.19. The van der Waals surface area contributed by atoms with E-state index < -0.39 is 0 Å². The number of phenols is 1. The van der Waals surface area contributed by atoms with Crippen LogP contribution in [0.15, 0.2) is 12.1 Å². The predicted molar refractivity (Wildman–Crippen MR) is 57.3 cm³/mol. The first-order chi connectivity index (χ1) is 6.59. The molecule has 0 amide bonds. The lowest BCUT2D eigenvalue weighted by Gasteiger charge is -2.13. The van der Waals surface area contributed by atoms with Crippen LogP contribution < -0.4 is 0 Å². The van der Waals surface area contributed by atoms with E-state index in [9.17, 15) is 5.11 Å². The van der Waals surface area contributed by atoms with Gasteiger partial charge in [0.05, 0.1) is 5.41 Å². The highest BCUT2D eigenvalue weighted by molar-refractivity contribution is 5.51. The zero-order valence-electron chi connectivity index (χ0n) is 8.59. The fraction of sp³-hybridized carbons (Fsp3) is 0.385. The van der Waals surface area contributed by atoms with Crippen molar-refractivity contribution in [1.82, 2.24) is 0 Å². The standard InChI is InChI=1S/C13H14O/c1-4-13(5-6-13)11-7-9(2)10(3)8-12(11)14/h1,7-8,14H,5-6H2,2-3H3. The Morgan fingerprint density at radius 3 is 2.36 bits per heavy atom. The molecule has 1 saturated carbocycles. The molecule has 0 atom stereocenters. The molecule has 0 aromatic heterocycles. The molecule has 2 rings (SSSR count). The summed E-state index contributed by atoms with van der Waals surface area (Å²) in [6.45, 7) is 4.04. The van der Waals surface area contributed by atoms with Crippen molar-refractivity contribution in [1.29, 1.82) is 0 Å². The molecule has 1 heteroatoms. The summed E-state index contributed by atoms with van der Waals surface area (Å²) in [5.74, 6) is 3.15. The molecule has 1 aromatic carbocycles. The van der Waals surface area contributed by atoms with E-state index >= 15 is 0 Å². The van der Waals surface area contributed by atoms with Gasteiger partial charge < -0.3 is 5.11 Å². The molecule has 0 aliphatic heterocycles. The first-order valence-electron chi connectivity index (χ1n) is 4.87. The molecule has 1 aliphatic carbocycles. The summed E-state index contributed by atoms with van der Waals surface area (Å²) in [5, 5.41) is 9.83. The van der Waals surface area contributed by atoms with Crippen molar-refractivity contribution in [2.24, 2.45) is 0 Å². The fourth-order valence-electron chi connectivity index (χ4n) is 1.80. The van der Waals surface area contributed by atoms with Crippen LogP contribution in [0.1, 0.15) is 29.5 Å². The molecule has 0 unspecified atom stereocenters. The van der Waals surface area contributed by atoms with Gasteiger partial charge in [0.15, 0.2) is 0 Å². The van der Waals surface area contributed by atoms with E-state index in [-0.39, 0.29) is 5.41 Å². The highest BCUT2D eigenvalue weighted by Gasteiger charge is 2.44. The van der Waals surface area contributed by atoms with E-state index in [0.717, 1.165) is 24.0 Å². The molecule has 1 fully saturated rings. The third-order valence-corrected chi connectivity index (χ3v) is 3.15. The number of hydrogen-bond acceptors (Lipinski definition) is 1. The fourth-order valence-corrected chi connectivity index (χ4v) is 1.80. The molecule has 1 N–H and O–H groups in total. The second-order valence-electron chi connectivity index (χ2n) is 4.18. The van der Waals surface area contributed by atoms with Crippen molar-refractivity contribution in [3.63, 3.8) is 0 Å². The van der Waals surface area contributed by atoms with Gasteiger partial charge in [-0.15, -0.1) is 6.42 Å². The molecule has 1 nitrogen and oxygen atoms in total. The summed E-state index contributed by atoms with van der Waals surface area (Å²) >= 11 is 0. The Bertz CT molecular complexity index is 420. The molecular formula is C13H14O. The van der Waals surface area contributed by atoms with Crippen molar-refractivity contribution in [3.05, 3.63) is 28.8 Å². The van der Waals surface area contributed by atoms with Gasteiger partial charge in [-0.05, 0) is 43.9 Å². The maximum Gasteiger partial charge on any atom is 0.120 e. The van der Waals surface area contributed by atoms with Crippen LogP contribution in [-0.2, 0) is 5.41 Å². The maximum absolute atomic E-state index is 9.83. The lowest BCUT2D eigenvalue weighted by Crippen LogP contribution is -2.03. The summed E-state index contributed by atoms with van der Waals surface area (Å²) in [6.07, 6.45) is 7.50. The van der Waals surface area contributed by atoms with E-state index in [4.69, 9.17) is 6.42 Å². The van der Waals surface area contributed by atoms with Gasteiger partial charge in [0.2, 0.25) is 0 Å². The van der Waals surface area contributed by atoms with Gasteiger partial charge in [0.25, 0.3) is 0 Å². The lowest BCUT2D eigenvalue weighted by atomic mass is 9.92. The number of rotatable bonds is 1. The van der Waals surface area contributed by atoms with Crippen LogP contribution in [0.4, 0.5) is 0 Å². The van der Waals surface area contributed by atoms with Crippen molar-refractivity contribution < 1.29 is 5.11 Å². The Labute approximate surface area is 84.8 Å². The molecule has 0 radical (unpaired) electrons. The van der Waals surface area contributed by atoms with E-state index in [1.165, 1.54) is 5.56 Å². The zero-order valence-corrected chi connectivity index (χ0v) is 8.59. The summed E-state index contributed by atoms with van der Waals surface area (Å²) < 4.78 is 0. The van der Waals surface area contributed by atoms with Crippen molar-refractivity contribution >= 4 is 0 Å². The minimum absolute atomic E-state index is 0.164. The SMILES string of the molecule is C#CC1(c2cc(C)c(C)cc2O)CC1. The monoisotopic (exact) mass is 186 g/mol. The van der Waals surface area contributed by atoms with Gasteiger partial charge >= 0.3 is 0 Å². The van der Waals surface area contributed by atoms with Gasteiger partial charge in [-0.3, -0.25) is 0 Å². The second-order valence-corrected chi connectivity index (χ2v) is 4.18. The molecule has 1 aliphatic rings. The van der Waals surface area contributed by atoms with E-state index in [0.29, 0.717) is 5.75 Å². The van der Waals surface area contributed by atoms with Crippen molar-refractivity contribution in [2.45, 2.75) is 32.1 Å². The smallest absolute Gasteiger partial charge is 0.120 e. The maximum atomic E-state index is 9.83. The third-order valence-electron chi connectivity index (χ3n) is 3.15. The van der Waals surface area contributed by atoms with Gasteiger partial charge in [0, 0.05) is 5.56 Å². The number of benzene rings is 1. The van der Waals surface area contributed by atoms with Gasteiger partial charge in [-0.2, -0.15) is 0 Å². The normalized spacial score (nSPS) is 17.5. The molecule has 0 spiro atoms. The number of phenolic OH excluding ortho intramolecular Hbond substituents is 1. The molecular weight excluding hydrogens is 172 g/mol. The van der Waals surface area contributed by atoms with Gasteiger partial charge in [-0.25, -0.2) is 0 Å². The second kappa shape index (κ2) is 2.78. The summed E-state index contributed by atoms with van der Waals surface area (Å²) in [7, 11) is 0. The van der Waals surface area contributed by atoms with Crippen LogP contribution in [0.5, 0.6) is 5.75 Å². The van der Waals surface area contributed by atoms with Crippen molar-refractivity contribution in [3.8, 4) is 18.1 Å². The highest BCUT2D eigenvalue weighted by Crippen LogP contribution is 2.50. The molecule has 14 heavy (non-hydrogen) atoms. The number of terminal acetylenes is 1. The van der Waals surface area contributed by atoms with Crippen LogP contribution >= 0.6 is 0 Å². The first-order valence-corrected chi connectivity index (χ1v) is 4.87. The van der Waals surface area contributed by atoms with Crippen LogP contribution in [0.2, 0.25) is 0 Å². The Morgan fingerprint density at radius 1 is 1.29 bits per heavy atom. The van der Waals surface area contributed by atoms with E-state index in [1.807, 2.05) is 26.0 Å². The van der Waals surface area contributed by atoms with Crippen LogP contribution in [0.3, 0.4) is 0 Å². The molecule has 1 aromatic rings. The van der Waals surface area contributed by atoms with Crippen LogP contribution in [-0.4, -0.2) is 5.11 Å². The topological polar surface area (TPSA) is 20.2 Å². The summed E-state index contributed by atoms with van der Waals surface area (Å²) in [4.78, 5) is 0. The minimum atomic E-state index is -0.164. The zero-order chi connectivity index (χ0) is 10.3. The Hall–Kier alpha value is -1.42. The molecule has 0 heterocycles. The predicted octanol–water partition coefficient (Wildman–Crippen LogP) is 2.67. The molecule has 72 valence electrons. The Kier molecular flexibility index (Phi) is 1.82. The van der Waals surface area contributed by atoms with Crippen LogP contribution in [0, 0.1) is 26.2 Å². The van der Waals surface area contributed by atoms with E-state index in [2.05, 4.69) is 5.92 Å². The van der Waals surface area contributed by atoms with Crippen molar-refractivity contribution in [2.75, 3.05) is 0 Å². The number of hydrogen-bond donors (Lipinski definition) is 1. The first kappa shape index (κ1) is 9.15. The highest BCUT2D eigenvalue weighted by atomic mass is 16.3. The molecule has 0 bridgehead atoms. The number of aryl methyl sites for hydroxylation is 2. The Morgan fingerprint density at radius 2 is 1.86 bits per heavy atom. The average Bonchev–Trinajstić information content (AvgIpc) is 2.92. The van der Waals surface area contributed by atoms with E-state index in [1.54, 1.807) is 0 Å². The quantitative estimate of drug-likeness (QED) is 0.668. The van der Waals surface area contributed by atoms with Crippen LogP contribution in [0.25, 0.3) is 0 Å². The minimum Gasteiger partial charge on any atom is -0.508 e. The van der Waals surface area contributed by atoms with Gasteiger partial charge in [0.1, 0.15) is 5.75 Å². The molecule has 0 saturated heterocycles. The van der Waals surface area contributed by atoms with Gasteiger partial charge in [-0.1, -0.05) is 12.0 Å². The Balaban J connectivity index is 2.55. The largest absolute Gasteiger partial charge is 0.508 e. The summed E-state index contributed by atoms with van der Waals surface area (Å²) in [5.41, 5.74) is 3.07.